The highest BCUT2D eigenvalue weighted by Gasteiger charge is 2.53. The van der Waals surface area contributed by atoms with Crippen molar-refractivity contribution in [3.63, 3.8) is 0 Å². The number of esters is 1. The third kappa shape index (κ3) is 3.71. The molecule has 192 valence electrons. The van der Waals surface area contributed by atoms with Crippen molar-refractivity contribution in [3.05, 3.63) is 95.9 Å². The largest absolute Gasteiger partial charge is 0.457 e. The lowest BCUT2D eigenvalue weighted by atomic mass is 9.81. The van der Waals surface area contributed by atoms with Crippen LogP contribution in [0.4, 0.5) is 0 Å². The molecule has 3 aromatic carbocycles. The summed E-state index contributed by atoms with van der Waals surface area (Å²) in [7, 11) is 0. The maximum Gasteiger partial charge on any atom is 0.348 e. The second-order valence-electron chi connectivity index (χ2n) is 10.6. The number of quaternary nitrogens is 1. The quantitative estimate of drug-likeness (QED) is 0.314. The molecule has 1 atom stereocenters. The number of piperidine rings is 3. The van der Waals surface area contributed by atoms with Gasteiger partial charge in [0.2, 0.25) is 11.4 Å². The molecule has 1 N–H and O–H groups in total. The van der Waals surface area contributed by atoms with Gasteiger partial charge < -0.3 is 23.6 Å². The van der Waals surface area contributed by atoms with E-state index in [0.29, 0.717) is 47.4 Å². The lowest BCUT2D eigenvalue weighted by Crippen LogP contribution is -2.64. The topological polar surface area (TPSA) is 94.7 Å². The molecule has 5 heterocycles. The first kappa shape index (κ1) is 23.1. The Labute approximate surface area is 220 Å². The van der Waals surface area contributed by atoms with E-state index in [9.17, 15) is 9.90 Å². The fraction of sp³-hybridized carbons (Fsp3) is 0.300. The van der Waals surface area contributed by atoms with Crippen molar-refractivity contribution in [3.8, 4) is 22.9 Å². The first-order valence-corrected chi connectivity index (χ1v) is 13.1. The van der Waals surface area contributed by atoms with Crippen molar-refractivity contribution in [2.24, 2.45) is 5.92 Å². The van der Waals surface area contributed by atoms with E-state index in [1.165, 1.54) is 0 Å². The number of aliphatic hydroxyl groups is 1. The maximum atomic E-state index is 13.8. The summed E-state index contributed by atoms with van der Waals surface area (Å²) >= 11 is 0. The van der Waals surface area contributed by atoms with E-state index in [1.807, 2.05) is 42.5 Å². The van der Waals surface area contributed by atoms with Gasteiger partial charge in [-0.05, 0) is 12.1 Å². The van der Waals surface area contributed by atoms with Gasteiger partial charge >= 0.3 is 5.97 Å². The minimum absolute atomic E-state index is 0.260. The van der Waals surface area contributed by atoms with Crippen LogP contribution in [0.2, 0.25) is 0 Å². The lowest BCUT2D eigenvalue weighted by Gasteiger charge is -2.51. The molecule has 3 fully saturated rings. The van der Waals surface area contributed by atoms with Gasteiger partial charge in [0.05, 0.1) is 13.1 Å². The Bertz CT molecular complexity index is 1450. The smallest absolute Gasteiger partial charge is 0.348 e. The standard InChI is InChI=1S/C30H28N3O5/c34-29(30(35)22-10-4-6-12-24(22)36-25-13-7-5-11-23(25)30)37-26-18-33(16-14-20(26)15-17-33)19-27-31-28(32-38-27)21-8-2-1-3-9-21/h1-13,20,26,35H,14-19H2/q+1. The van der Waals surface area contributed by atoms with Crippen LogP contribution in [0.15, 0.2) is 83.4 Å². The van der Waals surface area contributed by atoms with Gasteiger partial charge in [-0.2, -0.15) is 4.98 Å². The monoisotopic (exact) mass is 510 g/mol. The van der Waals surface area contributed by atoms with Crippen LogP contribution in [0.3, 0.4) is 0 Å². The summed E-state index contributed by atoms with van der Waals surface area (Å²) in [5.41, 5.74) is -0.238. The summed E-state index contributed by atoms with van der Waals surface area (Å²) < 4.78 is 18.5. The zero-order valence-corrected chi connectivity index (χ0v) is 20.8. The van der Waals surface area contributed by atoms with Gasteiger partial charge in [-0.15, -0.1) is 0 Å². The summed E-state index contributed by atoms with van der Waals surface area (Å²) in [6.07, 6.45) is 1.56. The number of hydrogen-bond donors (Lipinski definition) is 1. The SMILES string of the molecule is O=C(OC1C[N+]2(Cc3nc(-c4ccccc4)no3)CCC1CC2)C1(O)c2ccccc2Oc2ccccc21. The highest BCUT2D eigenvalue weighted by molar-refractivity contribution is 5.88. The van der Waals surface area contributed by atoms with Crippen molar-refractivity contribution < 1.29 is 28.4 Å². The molecule has 4 aliphatic heterocycles. The van der Waals surface area contributed by atoms with Crippen molar-refractivity contribution >= 4 is 5.97 Å². The molecule has 4 aliphatic rings. The van der Waals surface area contributed by atoms with Crippen LogP contribution >= 0.6 is 0 Å². The molecular weight excluding hydrogens is 482 g/mol. The number of hydrogen-bond acceptors (Lipinski definition) is 7. The molecular formula is C30H28N3O5+. The van der Waals surface area contributed by atoms with Crippen LogP contribution < -0.4 is 4.74 Å². The van der Waals surface area contributed by atoms with E-state index in [2.05, 4.69) is 10.1 Å². The Kier molecular flexibility index (Phi) is 5.35. The molecule has 0 radical (unpaired) electrons. The Morgan fingerprint density at radius 2 is 1.58 bits per heavy atom. The van der Waals surface area contributed by atoms with Crippen LogP contribution in [-0.2, 0) is 21.7 Å². The molecule has 0 saturated carbocycles. The van der Waals surface area contributed by atoms with Gasteiger partial charge in [0.25, 0.3) is 5.89 Å². The molecule has 0 spiro atoms. The number of para-hydroxylation sites is 2. The number of rotatable bonds is 5. The van der Waals surface area contributed by atoms with E-state index < -0.39 is 11.6 Å². The molecule has 4 aromatic rings. The van der Waals surface area contributed by atoms with E-state index in [-0.39, 0.29) is 12.0 Å². The average Bonchev–Trinajstić information content (AvgIpc) is 3.42. The summed E-state index contributed by atoms with van der Waals surface area (Å²) in [4.78, 5) is 18.5. The first-order valence-electron chi connectivity index (χ1n) is 13.1. The fourth-order valence-electron chi connectivity index (χ4n) is 6.30. The Morgan fingerprint density at radius 1 is 0.947 bits per heavy atom. The number of nitrogens with zero attached hydrogens (tertiary/aromatic N) is 3. The highest BCUT2D eigenvalue weighted by Crippen LogP contribution is 2.48. The molecule has 1 aromatic heterocycles. The summed E-state index contributed by atoms with van der Waals surface area (Å²) in [6.45, 7) is 3.16. The summed E-state index contributed by atoms with van der Waals surface area (Å²) in [6, 6.07) is 23.9. The maximum absolute atomic E-state index is 13.8. The number of ether oxygens (including phenoxy) is 2. The summed E-state index contributed by atoms with van der Waals surface area (Å²) in [5, 5.41) is 16.1. The van der Waals surface area contributed by atoms with Crippen LogP contribution in [0, 0.1) is 5.92 Å². The zero-order valence-electron chi connectivity index (χ0n) is 20.8. The molecule has 3 saturated heterocycles. The van der Waals surface area contributed by atoms with Crippen LogP contribution in [-0.4, -0.2) is 51.4 Å². The number of aromatic nitrogens is 2. The number of carbonyl (C=O) groups is 1. The Hall–Kier alpha value is -4.01. The van der Waals surface area contributed by atoms with Crippen LogP contribution in [0.1, 0.15) is 29.9 Å². The van der Waals surface area contributed by atoms with Crippen molar-refractivity contribution in [2.75, 3.05) is 19.6 Å². The highest BCUT2D eigenvalue weighted by atomic mass is 16.6. The molecule has 8 rings (SSSR count). The third-order valence-electron chi connectivity index (χ3n) is 8.34. The van der Waals surface area contributed by atoms with E-state index in [1.54, 1.807) is 36.4 Å². The zero-order chi connectivity index (χ0) is 25.7. The molecule has 8 nitrogen and oxygen atoms in total. The molecule has 2 bridgehead atoms. The van der Waals surface area contributed by atoms with Crippen LogP contribution in [0.5, 0.6) is 11.5 Å². The fourth-order valence-corrected chi connectivity index (χ4v) is 6.30. The second kappa shape index (κ2) is 8.79. The number of benzene rings is 3. The van der Waals surface area contributed by atoms with E-state index in [0.717, 1.165) is 36.0 Å². The average molecular weight is 511 g/mol. The predicted molar refractivity (Wildman–Crippen MR) is 137 cm³/mol. The Morgan fingerprint density at radius 3 is 2.26 bits per heavy atom. The second-order valence-corrected chi connectivity index (χ2v) is 10.6. The van der Waals surface area contributed by atoms with Crippen molar-refractivity contribution in [2.45, 2.75) is 31.1 Å². The number of carbonyl (C=O) groups excluding carboxylic acids is 1. The molecule has 1 unspecified atom stereocenters. The molecule has 8 heteroatoms. The number of fused-ring (bicyclic) bond motifs is 5. The van der Waals surface area contributed by atoms with Crippen molar-refractivity contribution in [1.82, 2.24) is 10.1 Å². The normalized spacial score (nSPS) is 24.7. The summed E-state index contributed by atoms with van der Waals surface area (Å²) in [5.74, 6) is 1.66. The minimum Gasteiger partial charge on any atom is -0.457 e. The molecule has 0 aliphatic carbocycles. The van der Waals surface area contributed by atoms with Gasteiger partial charge in [-0.1, -0.05) is 71.9 Å². The minimum atomic E-state index is -1.95. The third-order valence-corrected chi connectivity index (χ3v) is 8.34. The first-order chi connectivity index (χ1) is 18.5. The Balaban J connectivity index is 1.14. The van der Waals surface area contributed by atoms with Gasteiger partial charge in [-0.25, -0.2) is 4.79 Å². The molecule has 38 heavy (non-hydrogen) atoms. The predicted octanol–water partition coefficient (Wildman–Crippen LogP) is 4.43. The molecule has 0 amide bonds. The van der Waals surface area contributed by atoms with Crippen LogP contribution in [0.25, 0.3) is 11.4 Å². The lowest BCUT2D eigenvalue weighted by molar-refractivity contribution is -0.959. The van der Waals surface area contributed by atoms with E-state index in [4.69, 9.17) is 14.0 Å². The van der Waals surface area contributed by atoms with Gasteiger partial charge in [-0.3, -0.25) is 0 Å². The van der Waals surface area contributed by atoms with E-state index >= 15 is 0 Å². The van der Waals surface area contributed by atoms with Gasteiger partial charge in [0, 0.05) is 35.4 Å². The van der Waals surface area contributed by atoms with Crippen molar-refractivity contribution in [1.29, 1.82) is 0 Å². The van der Waals surface area contributed by atoms with Gasteiger partial charge in [0.1, 0.15) is 18.0 Å². The van der Waals surface area contributed by atoms with Gasteiger partial charge in [0.15, 0.2) is 12.6 Å².